The molecule has 0 unspecified atom stereocenters. The molecule has 0 saturated heterocycles. The number of hydrogen-bond acceptors (Lipinski definition) is 3. The number of primary amides is 2. The van der Waals surface area contributed by atoms with Crippen molar-refractivity contribution >= 4 is 27.7 Å². The van der Waals surface area contributed by atoms with Crippen LogP contribution in [0.1, 0.15) is 20.7 Å². The van der Waals surface area contributed by atoms with E-state index < -0.39 is 17.6 Å². The van der Waals surface area contributed by atoms with Crippen molar-refractivity contribution in [1.82, 2.24) is 0 Å². The van der Waals surface area contributed by atoms with E-state index >= 15 is 0 Å². The Hall–Kier alpha value is -2.41. The predicted molar refractivity (Wildman–Crippen MR) is 78.2 cm³/mol. The molecule has 0 fully saturated rings. The van der Waals surface area contributed by atoms with Crippen molar-refractivity contribution in [3.63, 3.8) is 0 Å². The second-order valence-corrected chi connectivity index (χ2v) is 5.10. The van der Waals surface area contributed by atoms with Crippen molar-refractivity contribution in [2.75, 3.05) is 0 Å². The molecule has 21 heavy (non-hydrogen) atoms. The van der Waals surface area contributed by atoms with E-state index in [1.54, 1.807) is 0 Å². The fourth-order valence-electron chi connectivity index (χ4n) is 2.03. The highest BCUT2D eigenvalue weighted by Crippen LogP contribution is 2.37. The van der Waals surface area contributed by atoms with E-state index in [1.165, 1.54) is 24.3 Å². The molecule has 0 heterocycles. The molecule has 0 bridgehead atoms. The maximum absolute atomic E-state index is 14.2. The van der Waals surface area contributed by atoms with Gasteiger partial charge in [-0.3, -0.25) is 9.59 Å². The largest absolute Gasteiger partial charge is 0.508 e. The average molecular weight is 353 g/mol. The molecule has 7 heteroatoms. The molecule has 2 aromatic rings. The number of hydrogen-bond donors (Lipinski definition) is 3. The SMILES string of the molecule is NC(=O)c1cccc(C(N)=O)c1-c1c(F)cc(O)cc1Br. The Bertz CT molecular complexity index is 707. The number of phenols is 1. The summed E-state index contributed by atoms with van der Waals surface area (Å²) in [4.78, 5) is 23.1. The fraction of sp³-hybridized carbons (Fsp3) is 0. The molecule has 0 aliphatic rings. The average Bonchev–Trinajstić information content (AvgIpc) is 2.37. The van der Waals surface area contributed by atoms with Gasteiger partial charge in [-0.2, -0.15) is 0 Å². The molecule has 5 nitrogen and oxygen atoms in total. The van der Waals surface area contributed by atoms with Crippen molar-refractivity contribution in [3.8, 4) is 16.9 Å². The van der Waals surface area contributed by atoms with E-state index in [-0.39, 0.29) is 32.5 Å². The van der Waals surface area contributed by atoms with Gasteiger partial charge in [-0.25, -0.2) is 4.39 Å². The van der Waals surface area contributed by atoms with Crippen LogP contribution in [0.15, 0.2) is 34.8 Å². The van der Waals surface area contributed by atoms with E-state index in [4.69, 9.17) is 11.5 Å². The lowest BCUT2D eigenvalue weighted by Gasteiger charge is -2.14. The summed E-state index contributed by atoms with van der Waals surface area (Å²) in [7, 11) is 0. The summed E-state index contributed by atoms with van der Waals surface area (Å²) in [6.07, 6.45) is 0. The van der Waals surface area contributed by atoms with Gasteiger partial charge >= 0.3 is 0 Å². The van der Waals surface area contributed by atoms with E-state index in [9.17, 15) is 19.1 Å². The highest BCUT2D eigenvalue weighted by Gasteiger charge is 2.22. The van der Waals surface area contributed by atoms with Crippen LogP contribution in [-0.4, -0.2) is 16.9 Å². The smallest absolute Gasteiger partial charge is 0.249 e. The molecule has 0 atom stereocenters. The Morgan fingerprint density at radius 3 is 2.00 bits per heavy atom. The number of carbonyl (C=O) groups excluding carboxylic acids is 2. The Kier molecular flexibility index (Phi) is 3.95. The predicted octanol–water partition coefficient (Wildman–Crippen LogP) is 2.16. The van der Waals surface area contributed by atoms with E-state index in [2.05, 4.69) is 15.9 Å². The molecule has 0 aliphatic carbocycles. The van der Waals surface area contributed by atoms with Crippen molar-refractivity contribution in [3.05, 3.63) is 51.7 Å². The van der Waals surface area contributed by atoms with Gasteiger partial charge in [0, 0.05) is 32.8 Å². The second kappa shape index (κ2) is 5.53. The Morgan fingerprint density at radius 2 is 1.57 bits per heavy atom. The first-order chi connectivity index (χ1) is 9.82. The topological polar surface area (TPSA) is 106 Å². The van der Waals surface area contributed by atoms with Gasteiger partial charge in [0.2, 0.25) is 11.8 Å². The first-order valence-corrected chi connectivity index (χ1v) is 6.53. The summed E-state index contributed by atoms with van der Waals surface area (Å²) in [5.41, 5.74) is 10.4. The van der Waals surface area contributed by atoms with E-state index in [1.807, 2.05) is 0 Å². The summed E-state index contributed by atoms with van der Waals surface area (Å²) in [5.74, 6) is -2.78. The van der Waals surface area contributed by atoms with Gasteiger partial charge in [-0.1, -0.05) is 6.07 Å². The van der Waals surface area contributed by atoms with Crippen molar-refractivity contribution in [2.45, 2.75) is 0 Å². The fourth-order valence-corrected chi connectivity index (χ4v) is 2.65. The quantitative estimate of drug-likeness (QED) is 0.787. The lowest BCUT2D eigenvalue weighted by Crippen LogP contribution is -2.18. The molecule has 2 aromatic carbocycles. The highest BCUT2D eigenvalue weighted by molar-refractivity contribution is 9.10. The zero-order valence-corrected chi connectivity index (χ0v) is 12.1. The summed E-state index contributed by atoms with van der Waals surface area (Å²) < 4.78 is 14.4. The lowest BCUT2D eigenvalue weighted by atomic mass is 9.93. The van der Waals surface area contributed by atoms with Gasteiger partial charge in [-0.15, -0.1) is 0 Å². The van der Waals surface area contributed by atoms with Crippen LogP contribution in [-0.2, 0) is 0 Å². The normalized spacial score (nSPS) is 10.4. The summed E-state index contributed by atoms with van der Waals surface area (Å²) in [6, 6.07) is 6.26. The molecule has 0 spiro atoms. The van der Waals surface area contributed by atoms with Gasteiger partial charge in [-0.05, 0) is 34.1 Å². The molecule has 2 rings (SSSR count). The molecule has 5 N–H and O–H groups in total. The molecule has 0 radical (unpaired) electrons. The minimum atomic E-state index is -0.826. The molecule has 0 saturated carbocycles. The van der Waals surface area contributed by atoms with Crippen LogP contribution in [0.25, 0.3) is 11.1 Å². The molecule has 0 aromatic heterocycles. The molecule has 2 amide bonds. The van der Waals surface area contributed by atoms with Crippen LogP contribution >= 0.6 is 15.9 Å². The van der Waals surface area contributed by atoms with E-state index in [0.29, 0.717) is 0 Å². The number of benzene rings is 2. The number of rotatable bonds is 3. The second-order valence-electron chi connectivity index (χ2n) is 4.24. The van der Waals surface area contributed by atoms with Crippen LogP contribution in [0.5, 0.6) is 5.75 Å². The third kappa shape index (κ3) is 2.73. The molecular weight excluding hydrogens is 343 g/mol. The number of phenolic OH excluding ortho intramolecular Hbond substituents is 1. The number of aromatic hydroxyl groups is 1. The zero-order valence-electron chi connectivity index (χ0n) is 10.6. The highest BCUT2D eigenvalue weighted by atomic mass is 79.9. The Balaban J connectivity index is 2.91. The van der Waals surface area contributed by atoms with Crippen molar-refractivity contribution in [2.24, 2.45) is 11.5 Å². The van der Waals surface area contributed by atoms with Crippen molar-refractivity contribution < 1.29 is 19.1 Å². The monoisotopic (exact) mass is 352 g/mol. The van der Waals surface area contributed by atoms with Gasteiger partial charge in [0.25, 0.3) is 0 Å². The molecule has 0 aliphatic heterocycles. The zero-order chi connectivity index (χ0) is 15.7. The number of carbonyl (C=O) groups is 2. The summed E-state index contributed by atoms with van der Waals surface area (Å²) in [5, 5.41) is 9.37. The lowest BCUT2D eigenvalue weighted by molar-refractivity contribution is 0.0999. The number of halogens is 2. The number of amides is 2. The Labute approximate surface area is 127 Å². The van der Waals surface area contributed by atoms with Gasteiger partial charge < -0.3 is 16.6 Å². The third-order valence-electron chi connectivity index (χ3n) is 2.87. The molecule has 108 valence electrons. The number of nitrogens with two attached hydrogens (primary N) is 2. The minimum absolute atomic E-state index is 0.0122. The maximum Gasteiger partial charge on any atom is 0.249 e. The first-order valence-electron chi connectivity index (χ1n) is 5.74. The standard InChI is InChI=1S/C14H10BrFN2O3/c15-9-4-6(19)5-10(16)12(9)11-7(13(17)20)2-1-3-8(11)14(18)21/h1-5,19H,(H2,17,20)(H2,18,21). The van der Waals surface area contributed by atoms with Crippen LogP contribution < -0.4 is 11.5 Å². The summed E-state index contributed by atoms with van der Waals surface area (Å²) in [6.45, 7) is 0. The van der Waals surface area contributed by atoms with Crippen molar-refractivity contribution in [1.29, 1.82) is 0 Å². The third-order valence-corrected chi connectivity index (χ3v) is 3.50. The first kappa shape index (κ1) is 15.0. The van der Waals surface area contributed by atoms with Gasteiger partial charge in [0.1, 0.15) is 11.6 Å². The maximum atomic E-state index is 14.2. The van der Waals surface area contributed by atoms with Crippen LogP contribution in [0.4, 0.5) is 4.39 Å². The van der Waals surface area contributed by atoms with Crippen LogP contribution in [0.3, 0.4) is 0 Å². The van der Waals surface area contributed by atoms with E-state index in [0.717, 1.165) is 6.07 Å². The van der Waals surface area contributed by atoms with Gasteiger partial charge in [0.05, 0.1) is 0 Å². The summed E-state index contributed by atoms with van der Waals surface area (Å²) >= 11 is 3.10. The molecular formula is C14H10BrFN2O3. The van der Waals surface area contributed by atoms with Crippen LogP contribution in [0.2, 0.25) is 0 Å². The van der Waals surface area contributed by atoms with Crippen LogP contribution in [0, 0.1) is 5.82 Å². The minimum Gasteiger partial charge on any atom is -0.508 e. The Morgan fingerprint density at radius 1 is 1.05 bits per heavy atom. The van der Waals surface area contributed by atoms with Gasteiger partial charge in [0.15, 0.2) is 0 Å².